The zero-order chi connectivity index (χ0) is 16.8. The molecule has 0 heterocycles. The number of aliphatic hydroxyl groups is 1. The van der Waals surface area contributed by atoms with Crippen molar-refractivity contribution in [1.29, 1.82) is 0 Å². The Morgan fingerprint density at radius 1 is 1.08 bits per heavy atom. The molecule has 0 radical (unpaired) electrons. The lowest BCUT2D eigenvalue weighted by Gasteiger charge is -2.39. The molecule has 2 aliphatic rings. The van der Waals surface area contributed by atoms with Crippen molar-refractivity contribution in [2.24, 2.45) is 17.8 Å². The van der Waals surface area contributed by atoms with Gasteiger partial charge in [-0.25, -0.2) is 0 Å². The van der Waals surface area contributed by atoms with Crippen molar-refractivity contribution in [2.75, 3.05) is 6.61 Å². The summed E-state index contributed by atoms with van der Waals surface area (Å²) in [6.45, 7) is 0.118. The molecule has 0 spiro atoms. The molecule has 2 saturated carbocycles. The van der Waals surface area contributed by atoms with Gasteiger partial charge in [-0.05, 0) is 49.5 Å². The summed E-state index contributed by atoms with van der Waals surface area (Å²) in [5.74, 6) is 2.05. The van der Waals surface area contributed by atoms with Crippen LogP contribution in [-0.4, -0.2) is 23.7 Å². The predicted molar refractivity (Wildman–Crippen MR) is 96.6 cm³/mol. The molecule has 0 aliphatic heterocycles. The number of carbonyl (C=O) groups excluding carboxylic acids is 1. The van der Waals surface area contributed by atoms with Gasteiger partial charge in [-0.1, -0.05) is 56.0 Å². The SMILES string of the molecule is O=C(N[C@H](CCO)Cc1ccccc1)[C@@H]1CC[C@@H]2CCCC[C@@H]2C1. The monoisotopic (exact) mass is 329 g/mol. The second-order valence-electron chi connectivity index (χ2n) is 7.72. The third-order valence-electron chi connectivity index (χ3n) is 6.06. The van der Waals surface area contributed by atoms with E-state index < -0.39 is 0 Å². The fourth-order valence-corrected chi connectivity index (χ4v) is 4.71. The van der Waals surface area contributed by atoms with E-state index in [0.717, 1.165) is 31.1 Å². The molecule has 2 fully saturated rings. The average Bonchev–Trinajstić information content (AvgIpc) is 2.62. The molecule has 1 aromatic rings. The molecular weight excluding hydrogens is 298 g/mol. The van der Waals surface area contributed by atoms with Crippen LogP contribution < -0.4 is 5.32 Å². The number of amides is 1. The van der Waals surface area contributed by atoms with Gasteiger partial charge in [-0.2, -0.15) is 0 Å². The summed E-state index contributed by atoms with van der Waals surface area (Å²) in [7, 11) is 0. The van der Waals surface area contributed by atoms with Gasteiger partial charge in [0.2, 0.25) is 5.91 Å². The van der Waals surface area contributed by atoms with Crippen LogP contribution in [0.4, 0.5) is 0 Å². The summed E-state index contributed by atoms with van der Waals surface area (Å²) >= 11 is 0. The maximum Gasteiger partial charge on any atom is 0.223 e. The fourth-order valence-electron chi connectivity index (χ4n) is 4.71. The van der Waals surface area contributed by atoms with E-state index in [0.29, 0.717) is 6.42 Å². The van der Waals surface area contributed by atoms with Gasteiger partial charge in [0.1, 0.15) is 0 Å². The Bertz CT molecular complexity index is 516. The lowest BCUT2D eigenvalue weighted by molar-refractivity contribution is -0.128. The number of fused-ring (bicyclic) bond motifs is 1. The van der Waals surface area contributed by atoms with E-state index >= 15 is 0 Å². The average molecular weight is 329 g/mol. The summed E-state index contributed by atoms with van der Waals surface area (Å²) in [6, 6.07) is 10.3. The van der Waals surface area contributed by atoms with Gasteiger partial charge in [-0.3, -0.25) is 4.79 Å². The molecule has 132 valence electrons. The molecule has 4 atom stereocenters. The largest absolute Gasteiger partial charge is 0.396 e. The number of carbonyl (C=O) groups is 1. The van der Waals surface area contributed by atoms with E-state index in [9.17, 15) is 9.90 Å². The van der Waals surface area contributed by atoms with Crippen molar-refractivity contribution in [2.45, 2.75) is 63.8 Å². The highest BCUT2D eigenvalue weighted by molar-refractivity contribution is 5.79. The molecule has 3 heteroatoms. The van der Waals surface area contributed by atoms with Crippen LogP contribution in [-0.2, 0) is 11.2 Å². The van der Waals surface area contributed by atoms with Crippen molar-refractivity contribution in [3.8, 4) is 0 Å². The smallest absolute Gasteiger partial charge is 0.223 e. The van der Waals surface area contributed by atoms with Gasteiger partial charge in [0, 0.05) is 18.6 Å². The molecule has 0 unspecified atom stereocenters. The Balaban J connectivity index is 1.55. The first-order valence-corrected chi connectivity index (χ1v) is 9.71. The van der Waals surface area contributed by atoms with Crippen molar-refractivity contribution in [1.82, 2.24) is 5.32 Å². The van der Waals surface area contributed by atoms with Crippen LogP contribution in [0.5, 0.6) is 0 Å². The van der Waals surface area contributed by atoms with Crippen molar-refractivity contribution in [3.63, 3.8) is 0 Å². The first kappa shape index (κ1) is 17.5. The van der Waals surface area contributed by atoms with Gasteiger partial charge in [0.25, 0.3) is 0 Å². The van der Waals surface area contributed by atoms with Crippen LogP contribution >= 0.6 is 0 Å². The lowest BCUT2D eigenvalue weighted by atomic mass is 9.67. The quantitative estimate of drug-likeness (QED) is 0.836. The van der Waals surface area contributed by atoms with Crippen LogP contribution in [0.3, 0.4) is 0 Å². The summed E-state index contributed by atoms with van der Waals surface area (Å²) in [5, 5.41) is 12.6. The van der Waals surface area contributed by atoms with Gasteiger partial charge in [0.05, 0.1) is 0 Å². The topological polar surface area (TPSA) is 49.3 Å². The molecular formula is C21H31NO2. The zero-order valence-corrected chi connectivity index (χ0v) is 14.6. The number of nitrogens with one attached hydrogen (secondary N) is 1. The standard InChI is InChI=1S/C21H31NO2/c23-13-12-20(14-16-6-2-1-3-7-16)22-21(24)19-11-10-17-8-4-5-9-18(17)15-19/h1-3,6-7,17-20,23H,4-5,8-15H2,(H,22,24)/t17-,18+,19+,20+/m0/s1. The number of aliphatic hydroxyl groups excluding tert-OH is 1. The van der Waals surface area contributed by atoms with Crippen LogP contribution in [0.2, 0.25) is 0 Å². The Hall–Kier alpha value is -1.35. The summed E-state index contributed by atoms with van der Waals surface area (Å²) in [4.78, 5) is 12.8. The molecule has 3 rings (SSSR count). The van der Waals surface area contributed by atoms with Crippen LogP contribution in [0.1, 0.15) is 56.9 Å². The first-order valence-electron chi connectivity index (χ1n) is 9.71. The number of hydrogen-bond donors (Lipinski definition) is 2. The molecule has 0 saturated heterocycles. The summed E-state index contributed by atoms with van der Waals surface area (Å²) in [5.41, 5.74) is 1.22. The molecule has 24 heavy (non-hydrogen) atoms. The van der Waals surface area contributed by atoms with Gasteiger partial charge < -0.3 is 10.4 Å². The Morgan fingerprint density at radius 3 is 2.58 bits per heavy atom. The summed E-state index contributed by atoms with van der Waals surface area (Å²) < 4.78 is 0. The second-order valence-corrected chi connectivity index (χ2v) is 7.72. The number of hydrogen-bond acceptors (Lipinski definition) is 2. The molecule has 2 aliphatic carbocycles. The third kappa shape index (κ3) is 4.60. The maximum atomic E-state index is 12.8. The summed E-state index contributed by atoms with van der Waals surface area (Å²) in [6.07, 6.45) is 10.2. The number of benzene rings is 1. The third-order valence-corrected chi connectivity index (χ3v) is 6.06. The van der Waals surface area contributed by atoms with E-state index in [1.165, 1.54) is 37.7 Å². The first-order chi connectivity index (χ1) is 11.8. The lowest BCUT2D eigenvalue weighted by Crippen LogP contribution is -2.43. The van der Waals surface area contributed by atoms with Crippen LogP contribution in [0.25, 0.3) is 0 Å². The van der Waals surface area contributed by atoms with Gasteiger partial charge in [-0.15, -0.1) is 0 Å². The van der Waals surface area contributed by atoms with Crippen molar-refractivity contribution < 1.29 is 9.90 Å². The maximum absolute atomic E-state index is 12.8. The Kier molecular flexibility index (Phi) is 6.30. The minimum Gasteiger partial charge on any atom is -0.396 e. The van der Waals surface area contributed by atoms with E-state index in [1.807, 2.05) is 18.2 Å². The highest BCUT2D eigenvalue weighted by atomic mass is 16.3. The normalized spacial score (nSPS) is 28.0. The number of rotatable bonds is 6. The molecule has 1 aromatic carbocycles. The van der Waals surface area contributed by atoms with E-state index in [4.69, 9.17) is 0 Å². The highest BCUT2D eigenvalue weighted by Gasteiger charge is 2.35. The predicted octanol–water partition coefficient (Wildman–Crippen LogP) is 3.70. The van der Waals surface area contributed by atoms with Crippen LogP contribution in [0, 0.1) is 17.8 Å². The minimum absolute atomic E-state index is 0.0361. The van der Waals surface area contributed by atoms with Gasteiger partial charge >= 0.3 is 0 Å². The van der Waals surface area contributed by atoms with Crippen LogP contribution in [0.15, 0.2) is 30.3 Å². The zero-order valence-electron chi connectivity index (χ0n) is 14.6. The Labute approximate surface area is 145 Å². The molecule has 0 aromatic heterocycles. The molecule has 2 N–H and O–H groups in total. The van der Waals surface area contributed by atoms with E-state index in [2.05, 4.69) is 17.4 Å². The minimum atomic E-state index is 0.0361. The molecule has 1 amide bonds. The van der Waals surface area contributed by atoms with E-state index in [-0.39, 0.29) is 24.5 Å². The van der Waals surface area contributed by atoms with Crippen molar-refractivity contribution in [3.05, 3.63) is 35.9 Å². The Morgan fingerprint density at radius 2 is 1.83 bits per heavy atom. The van der Waals surface area contributed by atoms with E-state index in [1.54, 1.807) is 0 Å². The fraction of sp³-hybridized carbons (Fsp3) is 0.667. The molecule has 0 bridgehead atoms. The van der Waals surface area contributed by atoms with Gasteiger partial charge in [0.15, 0.2) is 0 Å². The molecule has 3 nitrogen and oxygen atoms in total. The second kappa shape index (κ2) is 8.66. The highest BCUT2D eigenvalue weighted by Crippen LogP contribution is 2.42. The van der Waals surface area contributed by atoms with Crippen molar-refractivity contribution >= 4 is 5.91 Å².